The van der Waals surface area contributed by atoms with Gasteiger partial charge in [-0.3, -0.25) is 14.8 Å². The molecule has 4 rings (SSSR count). The molecule has 4 heteroatoms. The number of halogens is 1. The number of benzene rings is 1. The molecule has 24 heavy (non-hydrogen) atoms. The molecule has 1 aromatic heterocycles. The molecule has 3 atom stereocenters. The molecular weight excluding hydrogens is 301 g/mol. The van der Waals surface area contributed by atoms with Gasteiger partial charge in [0, 0.05) is 37.9 Å². The molecule has 2 fully saturated rings. The van der Waals surface area contributed by atoms with Crippen molar-refractivity contribution in [1.29, 1.82) is 0 Å². The van der Waals surface area contributed by atoms with Crippen molar-refractivity contribution < 1.29 is 4.39 Å². The highest BCUT2D eigenvalue weighted by Gasteiger charge is 2.46. The second-order valence-electron chi connectivity index (χ2n) is 7.33. The normalized spacial score (nSPS) is 27.5. The Bertz CT molecular complexity index is 732. The third-order valence-corrected chi connectivity index (χ3v) is 5.49. The number of nitrogens with zero attached hydrogens (tertiary/aromatic N) is 3. The van der Waals surface area contributed by atoms with E-state index in [1.165, 1.54) is 6.07 Å². The maximum atomic E-state index is 13.7. The molecule has 2 saturated heterocycles. The number of hydrogen-bond donors (Lipinski definition) is 0. The Morgan fingerprint density at radius 1 is 1.12 bits per heavy atom. The topological polar surface area (TPSA) is 19.4 Å². The number of pyridine rings is 1. The minimum atomic E-state index is -0.136. The molecule has 0 aliphatic carbocycles. The zero-order chi connectivity index (χ0) is 16.7. The van der Waals surface area contributed by atoms with Crippen LogP contribution in [0.4, 0.5) is 4.39 Å². The SMILES string of the molecule is Cc1cccc(CN2C[C@@H]3CN(C)[C@@H](c4cccc(F)c4)[C@@H]3C2)n1. The molecule has 3 nitrogen and oxygen atoms in total. The van der Waals surface area contributed by atoms with Gasteiger partial charge in [0.2, 0.25) is 0 Å². The van der Waals surface area contributed by atoms with Gasteiger partial charge in [0.25, 0.3) is 0 Å². The highest BCUT2D eigenvalue weighted by molar-refractivity contribution is 5.24. The van der Waals surface area contributed by atoms with Crippen molar-refractivity contribution in [2.45, 2.75) is 19.5 Å². The maximum Gasteiger partial charge on any atom is 0.123 e. The van der Waals surface area contributed by atoms with Crippen molar-refractivity contribution in [2.24, 2.45) is 11.8 Å². The van der Waals surface area contributed by atoms with Crippen molar-refractivity contribution >= 4 is 0 Å². The molecule has 0 bridgehead atoms. The molecule has 0 spiro atoms. The van der Waals surface area contributed by atoms with Gasteiger partial charge in [0.15, 0.2) is 0 Å². The Hall–Kier alpha value is -1.78. The quantitative estimate of drug-likeness (QED) is 0.863. The summed E-state index contributed by atoms with van der Waals surface area (Å²) < 4.78 is 13.7. The van der Waals surface area contributed by atoms with Crippen LogP contribution in [0.25, 0.3) is 0 Å². The van der Waals surface area contributed by atoms with Crippen LogP contribution in [0, 0.1) is 24.6 Å². The van der Waals surface area contributed by atoms with Crippen LogP contribution in [0.15, 0.2) is 42.5 Å². The fourth-order valence-corrected chi connectivity index (χ4v) is 4.59. The molecule has 1 aromatic carbocycles. The second-order valence-corrected chi connectivity index (χ2v) is 7.33. The first-order chi connectivity index (χ1) is 11.6. The minimum absolute atomic E-state index is 0.136. The van der Waals surface area contributed by atoms with Crippen molar-refractivity contribution in [1.82, 2.24) is 14.8 Å². The van der Waals surface area contributed by atoms with Crippen LogP contribution in [-0.2, 0) is 6.54 Å². The van der Waals surface area contributed by atoms with Crippen molar-refractivity contribution in [3.05, 3.63) is 65.2 Å². The first kappa shape index (κ1) is 15.7. The molecule has 0 radical (unpaired) electrons. The molecule has 2 aliphatic heterocycles. The predicted molar refractivity (Wildman–Crippen MR) is 93.0 cm³/mol. The summed E-state index contributed by atoms with van der Waals surface area (Å²) in [6, 6.07) is 13.7. The zero-order valence-corrected chi connectivity index (χ0v) is 14.3. The van der Waals surface area contributed by atoms with E-state index < -0.39 is 0 Å². The van der Waals surface area contributed by atoms with E-state index in [1.54, 1.807) is 6.07 Å². The lowest BCUT2D eigenvalue weighted by atomic mass is 9.89. The smallest absolute Gasteiger partial charge is 0.123 e. The average molecular weight is 325 g/mol. The zero-order valence-electron chi connectivity index (χ0n) is 14.3. The summed E-state index contributed by atoms with van der Waals surface area (Å²) in [5, 5.41) is 0. The highest BCUT2D eigenvalue weighted by Crippen LogP contribution is 2.44. The Morgan fingerprint density at radius 3 is 2.75 bits per heavy atom. The maximum absolute atomic E-state index is 13.7. The Kier molecular flexibility index (Phi) is 4.10. The predicted octanol–water partition coefficient (Wildman–Crippen LogP) is 3.26. The first-order valence-corrected chi connectivity index (χ1v) is 8.71. The van der Waals surface area contributed by atoms with Gasteiger partial charge in [-0.2, -0.15) is 0 Å². The molecule has 2 aliphatic rings. The number of fused-ring (bicyclic) bond motifs is 1. The first-order valence-electron chi connectivity index (χ1n) is 8.71. The van der Waals surface area contributed by atoms with Gasteiger partial charge in [0.05, 0.1) is 5.69 Å². The Balaban J connectivity index is 1.50. The van der Waals surface area contributed by atoms with Crippen LogP contribution >= 0.6 is 0 Å². The monoisotopic (exact) mass is 325 g/mol. The van der Waals surface area contributed by atoms with Gasteiger partial charge in [-0.25, -0.2) is 4.39 Å². The summed E-state index contributed by atoms with van der Waals surface area (Å²) in [6.45, 7) is 6.21. The molecule has 2 aromatic rings. The van der Waals surface area contributed by atoms with Crippen LogP contribution in [0.5, 0.6) is 0 Å². The minimum Gasteiger partial charge on any atom is -0.299 e. The second kappa shape index (κ2) is 6.26. The summed E-state index contributed by atoms with van der Waals surface area (Å²) in [5.41, 5.74) is 3.33. The van der Waals surface area contributed by atoms with E-state index in [4.69, 9.17) is 0 Å². The fourth-order valence-electron chi connectivity index (χ4n) is 4.59. The van der Waals surface area contributed by atoms with Crippen LogP contribution in [0.3, 0.4) is 0 Å². The van der Waals surface area contributed by atoms with Crippen LogP contribution in [-0.4, -0.2) is 41.5 Å². The van der Waals surface area contributed by atoms with Gasteiger partial charge in [-0.15, -0.1) is 0 Å². The third-order valence-electron chi connectivity index (χ3n) is 5.49. The van der Waals surface area contributed by atoms with Crippen molar-refractivity contribution in [3.63, 3.8) is 0 Å². The van der Waals surface area contributed by atoms with Crippen molar-refractivity contribution in [2.75, 3.05) is 26.7 Å². The summed E-state index contributed by atoms with van der Waals surface area (Å²) >= 11 is 0. The summed E-state index contributed by atoms with van der Waals surface area (Å²) in [5.74, 6) is 1.10. The van der Waals surface area contributed by atoms with Crippen molar-refractivity contribution in [3.8, 4) is 0 Å². The van der Waals surface area contributed by atoms with Gasteiger partial charge in [0.1, 0.15) is 5.82 Å². The molecule has 0 amide bonds. The lowest BCUT2D eigenvalue weighted by Crippen LogP contribution is -2.29. The van der Waals surface area contributed by atoms with E-state index in [2.05, 4.69) is 40.0 Å². The summed E-state index contributed by atoms with van der Waals surface area (Å²) in [7, 11) is 2.17. The molecule has 3 heterocycles. The van der Waals surface area contributed by atoms with E-state index in [9.17, 15) is 4.39 Å². The van der Waals surface area contributed by atoms with Gasteiger partial charge >= 0.3 is 0 Å². The van der Waals surface area contributed by atoms with E-state index >= 15 is 0 Å². The van der Waals surface area contributed by atoms with Crippen LogP contribution in [0.1, 0.15) is 23.0 Å². The number of rotatable bonds is 3. The lowest BCUT2D eigenvalue weighted by molar-refractivity contribution is 0.223. The molecule has 0 N–H and O–H groups in total. The molecule has 126 valence electrons. The molecule has 0 unspecified atom stereocenters. The molecular formula is C20H24FN3. The number of hydrogen-bond acceptors (Lipinski definition) is 3. The third kappa shape index (κ3) is 2.96. The van der Waals surface area contributed by atoms with E-state index in [-0.39, 0.29) is 5.82 Å². The summed E-state index contributed by atoms with van der Waals surface area (Å²) in [6.07, 6.45) is 0. The number of aryl methyl sites for hydroxylation is 1. The summed E-state index contributed by atoms with van der Waals surface area (Å²) in [4.78, 5) is 9.54. The number of aromatic nitrogens is 1. The Labute approximate surface area is 143 Å². The van der Waals surface area contributed by atoms with Crippen LogP contribution < -0.4 is 0 Å². The average Bonchev–Trinajstić information content (AvgIpc) is 3.02. The standard InChI is InChI=1S/C20H24FN3/c1-14-5-3-8-18(22-14)12-24-11-16-10-23(2)20(19(16)13-24)15-6-4-7-17(21)9-15/h3-9,16,19-20H,10-13H2,1-2H3/t16-,19+,20-/m0/s1. The van der Waals surface area contributed by atoms with E-state index in [0.717, 1.165) is 43.1 Å². The van der Waals surface area contributed by atoms with Gasteiger partial charge in [-0.1, -0.05) is 18.2 Å². The fraction of sp³-hybridized carbons (Fsp3) is 0.450. The van der Waals surface area contributed by atoms with Gasteiger partial charge < -0.3 is 0 Å². The Morgan fingerprint density at radius 2 is 1.96 bits per heavy atom. The lowest BCUT2D eigenvalue weighted by Gasteiger charge is -2.26. The molecule has 0 saturated carbocycles. The van der Waals surface area contributed by atoms with E-state index in [1.807, 2.05) is 19.1 Å². The number of likely N-dealkylation sites (tertiary alicyclic amines) is 2. The largest absolute Gasteiger partial charge is 0.299 e. The van der Waals surface area contributed by atoms with E-state index in [0.29, 0.717) is 17.9 Å². The highest BCUT2D eigenvalue weighted by atomic mass is 19.1. The van der Waals surface area contributed by atoms with Gasteiger partial charge in [-0.05, 0) is 55.6 Å². The van der Waals surface area contributed by atoms with Crippen LogP contribution in [0.2, 0.25) is 0 Å².